The highest BCUT2D eigenvalue weighted by Crippen LogP contribution is 2.19. The van der Waals surface area contributed by atoms with Crippen LogP contribution in [0, 0.1) is 0 Å². The summed E-state index contributed by atoms with van der Waals surface area (Å²) in [7, 11) is 0. The van der Waals surface area contributed by atoms with Gasteiger partial charge in [-0.3, -0.25) is 0 Å². The van der Waals surface area contributed by atoms with Gasteiger partial charge >= 0.3 is 6.03 Å². The van der Waals surface area contributed by atoms with Gasteiger partial charge in [0.1, 0.15) is 0 Å². The molecule has 3 atom stereocenters. The quantitative estimate of drug-likeness (QED) is 0.646. The van der Waals surface area contributed by atoms with E-state index in [1.165, 1.54) is 0 Å². The molecule has 1 aromatic rings. The summed E-state index contributed by atoms with van der Waals surface area (Å²) in [5.41, 5.74) is 1.47. The van der Waals surface area contributed by atoms with E-state index in [1.807, 2.05) is 0 Å². The van der Waals surface area contributed by atoms with Crippen LogP contribution in [0.25, 0.3) is 0 Å². The van der Waals surface area contributed by atoms with Crippen LogP contribution in [0.4, 0.5) is 10.5 Å². The highest BCUT2D eigenvalue weighted by molar-refractivity contribution is 5.89. The minimum Gasteiger partial charge on any atom is -0.391 e. The largest absolute Gasteiger partial charge is 0.391 e. The number of urea groups is 1. The Hall–Kier alpha value is -1.59. The van der Waals surface area contributed by atoms with Crippen molar-refractivity contribution in [2.24, 2.45) is 0 Å². The molecule has 0 aliphatic heterocycles. The molecule has 0 aromatic heterocycles. The van der Waals surface area contributed by atoms with E-state index in [0.717, 1.165) is 37.7 Å². The van der Waals surface area contributed by atoms with Gasteiger partial charge in [-0.25, -0.2) is 4.79 Å². The minimum absolute atomic E-state index is 0.177. The molecule has 0 spiro atoms. The molecule has 0 radical (unpaired) electrons. The van der Waals surface area contributed by atoms with Crippen LogP contribution in [0.2, 0.25) is 0 Å². The predicted octanol–water partition coefficient (Wildman–Crippen LogP) is 2.56. The lowest BCUT2D eigenvalue weighted by Crippen LogP contribution is -2.44. The van der Waals surface area contributed by atoms with Crippen molar-refractivity contribution in [1.82, 2.24) is 5.32 Å². The Morgan fingerprint density at radius 1 is 1.19 bits per heavy atom. The van der Waals surface area contributed by atoms with Crippen LogP contribution in [0.5, 0.6) is 0 Å². The molecule has 116 valence electrons. The number of benzene rings is 1. The van der Waals surface area contributed by atoms with Crippen LogP contribution in [0.1, 0.15) is 50.7 Å². The SMILES string of the molecule is CC(O)c1ccc(NC(=O)NC2CCCCCC2O)cc1. The lowest BCUT2D eigenvalue weighted by atomic mass is 10.1. The smallest absolute Gasteiger partial charge is 0.319 e. The molecule has 4 N–H and O–H groups in total. The van der Waals surface area contributed by atoms with E-state index in [2.05, 4.69) is 10.6 Å². The van der Waals surface area contributed by atoms with Crippen molar-refractivity contribution in [3.8, 4) is 0 Å². The number of carbonyl (C=O) groups is 1. The Bertz CT molecular complexity index is 459. The first-order chi connectivity index (χ1) is 10.1. The van der Waals surface area contributed by atoms with Gasteiger partial charge in [-0.1, -0.05) is 31.4 Å². The van der Waals surface area contributed by atoms with Gasteiger partial charge in [0.15, 0.2) is 0 Å². The molecule has 5 nitrogen and oxygen atoms in total. The lowest BCUT2D eigenvalue weighted by molar-refractivity contribution is 0.124. The van der Waals surface area contributed by atoms with Gasteiger partial charge < -0.3 is 20.8 Å². The van der Waals surface area contributed by atoms with Crippen LogP contribution in [-0.4, -0.2) is 28.4 Å². The number of nitrogens with one attached hydrogen (secondary N) is 2. The minimum atomic E-state index is -0.519. The molecule has 1 aliphatic rings. The predicted molar refractivity (Wildman–Crippen MR) is 82.1 cm³/mol. The van der Waals surface area contributed by atoms with E-state index in [4.69, 9.17) is 0 Å². The van der Waals surface area contributed by atoms with E-state index >= 15 is 0 Å². The zero-order chi connectivity index (χ0) is 15.2. The Labute approximate surface area is 125 Å². The molecule has 3 unspecified atom stereocenters. The number of anilines is 1. The Morgan fingerprint density at radius 3 is 2.52 bits per heavy atom. The number of aliphatic hydroxyl groups is 2. The highest BCUT2D eigenvalue weighted by Gasteiger charge is 2.23. The molecule has 2 amide bonds. The van der Waals surface area contributed by atoms with E-state index in [-0.39, 0.29) is 12.1 Å². The number of hydrogen-bond acceptors (Lipinski definition) is 3. The van der Waals surface area contributed by atoms with Gasteiger partial charge in [0.2, 0.25) is 0 Å². The number of rotatable bonds is 3. The topological polar surface area (TPSA) is 81.6 Å². The first kappa shape index (κ1) is 15.8. The molecular weight excluding hydrogens is 268 g/mol. The van der Waals surface area contributed by atoms with E-state index in [9.17, 15) is 15.0 Å². The van der Waals surface area contributed by atoms with Crippen LogP contribution in [-0.2, 0) is 0 Å². The molecule has 1 fully saturated rings. The molecule has 1 aliphatic carbocycles. The molecule has 0 saturated heterocycles. The van der Waals surface area contributed by atoms with Gasteiger partial charge in [0, 0.05) is 5.69 Å². The molecule has 0 bridgehead atoms. The second-order valence-corrected chi connectivity index (χ2v) is 5.71. The van der Waals surface area contributed by atoms with Crippen LogP contribution in [0.3, 0.4) is 0 Å². The number of aliphatic hydroxyl groups excluding tert-OH is 2. The Kier molecular flexibility index (Phi) is 5.59. The molecule has 5 heteroatoms. The van der Waals surface area contributed by atoms with Crippen LogP contribution in [0.15, 0.2) is 24.3 Å². The van der Waals surface area contributed by atoms with Crippen LogP contribution >= 0.6 is 0 Å². The van der Waals surface area contributed by atoms with Gasteiger partial charge in [-0.15, -0.1) is 0 Å². The maximum absolute atomic E-state index is 12.0. The molecular formula is C16H24N2O3. The number of amides is 2. The molecule has 0 heterocycles. The third-order valence-electron chi connectivity index (χ3n) is 3.95. The summed E-state index contributed by atoms with van der Waals surface area (Å²) < 4.78 is 0. The first-order valence-corrected chi connectivity index (χ1v) is 7.60. The molecule has 21 heavy (non-hydrogen) atoms. The third kappa shape index (κ3) is 4.72. The fraction of sp³-hybridized carbons (Fsp3) is 0.562. The van der Waals surface area contributed by atoms with E-state index in [1.54, 1.807) is 31.2 Å². The molecule has 1 aromatic carbocycles. The number of carbonyl (C=O) groups excluding carboxylic acids is 1. The lowest BCUT2D eigenvalue weighted by Gasteiger charge is -2.22. The van der Waals surface area contributed by atoms with Gasteiger partial charge in [0.05, 0.1) is 18.2 Å². The van der Waals surface area contributed by atoms with Crippen LogP contribution < -0.4 is 10.6 Å². The van der Waals surface area contributed by atoms with Crippen molar-refractivity contribution < 1.29 is 15.0 Å². The van der Waals surface area contributed by atoms with E-state index < -0.39 is 12.2 Å². The summed E-state index contributed by atoms with van der Waals surface area (Å²) in [5, 5.41) is 25.0. The highest BCUT2D eigenvalue weighted by atomic mass is 16.3. The maximum atomic E-state index is 12.0. The second-order valence-electron chi connectivity index (χ2n) is 5.71. The van der Waals surface area contributed by atoms with Crippen molar-refractivity contribution in [1.29, 1.82) is 0 Å². The monoisotopic (exact) mass is 292 g/mol. The van der Waals surface area contributed by atoms with Gasteiger partial charge in [-0.05, 0) is 37.5 Å². The third-order valence-corrected chi connectivity index (χ3v) is 3.95. The summed E-state index contributed by atoms with van der Waals surface area (Å²) in [6.45, 7) is 1.70. The van der Waals surface area contributed by atoms with Gasteiger partial charge in [0.25, 0.3) is 0 Å². The summed E-state index contributed by atoms with van der Waals surface area (Å²) in [5.74, 6) is 0. The number of hydrogen-bond donors (Lipinski definition) is 4. The summed E-state index contributed by atoms with van der Waals surface area (Å²) in [6.07, 6.45) is 3.73. The van der Waals surface area contributed by atoms with Crippen molar-refractivity contribution in [3.63, 3.8) is 0 Å². The zero-order valence-corrected chi connectivity index (χ0v) is 12.4. The van der Waals surface area contributed by atoms with E-state index in [0.29, 0.717) is 5.69 Å². The summed E-state index contributed by atoms with van der Waals surface area (Å²) in [6, 6.07) is 6.59. The molecule has 1 saturated carbocycles. The average molecular weight is 292 g/mol. The fourth-order valence-corrected chi connectivity index (χ4v) is 2.64. The summed E-state index contributed by atoms with van der Waals surface area (Å²) in [4.78, 5) is 12.0. The Balaban J connectivity index is 1.88. The first-order valence-electron chi connectivity index (χ1n) is 7.60. The van der Waals surface area contributed by atoms with Crippen molar-refractivity contribution >= 4 is 11.7 Å². The standard InChI is InChI=1S/C16H24N2O3/c1-11(19)12-7-9-13(10-8-12)17-16(21)18-14-5-3-2-4-6-15(14)20/h7-11,14-15,19-20H,2-6H2,1H3,(H2,17,18,21). The van der Waals surface area contributed by atoms with Crippen molar-refractivity contribution in [3.05, 3.63) is 29.8 Å². The maximum Gasteiger partial charge on any atom is 0.319 e. The van der Waals surface area contributed by atoms with Crippen molar-refractivity contribution in [2.75, 3.05) is 5.32 Å². The average Bonchev–Trinajstić information content (AvgIpc) is 2.65. The van der Waals surface area contributed by atoms with Crippen molar-refractivity contribution in [2.45, 2.75) is 57.3 Å². The van der Waals surface area contributed by atoms with Gasteiger partial charge in [-0.2, -0.15) is 0 Å². The molecule has 2 rings (SSSR count). The zero-order valence-electron chi connectivity index (χ0n) is 12.4. The normalized spacial score (nSPS) is 24.0. The fourth-order valence-electron chi connectivity index (χ4n) is 2.64. The summed E-state index contributed by atoms with van der Waals surface area (Å²) >= 11 is 0. The Morgan fingerprint density at radius 2 is 1.86 bits per heavy atom. The second kappa shape index (κ2) is 7.43.